The first-order chi connectivity index (χ1) is 27.9. The molecule has 0 aliphatic heterocycles. The molecule has 5 rings (SSSR count). The van der Waals surface area contributed by atoms with Crippen molar-refractivity contribution in [3.05, 3.63) is 131 Å². The van der Waals surface area contributed by atoms with E-state index in [1.54, 1.807) is 79.0 Å². The van der Waals surface area contributed by atoms with E-state index in [2.05, 4.69) is 18.8 Å². The van der Waals surface area contributed by atoms with Gasteiger partial charge in [0.2, 0.25) is 0 Å². The number of benzene rings is 5. The number of esters is 2. The van der Waals surface area contributed by atoms with Crippen molar-refractivity contribution >= 4 is 35.4 Å². The topological polar surface area (TPSA) is 92.7 Å². The van der Waals surface area contributed by atoms with Crippen LogP contribution in [-0.4, -0.2) is 38.5 Å². The largest absolute Gasteiger partial charge is 0.494 e. The Balaban J connectivity index is 1.12. The van der Waals surface area contributed by atoms with Crippen molar-refractivity contribution in [2.45, 2.75) is 78.1 Å². The number of unbranched alkanes of at least 4 members (excludes halogenated alkanes) is 8. The maximum absolute atomic E-state index is 13.2. The second-order valence-electron chi connectivity index (χ2n) is 13.7. The summed E-state index contributed by atoms with van der Waals surface area (Å²) in [5, 5.41) is 0.365. The SMILES string of the molecule is CCCCCCCCOc1ccc(C(=O)Oc2ccc(C=Nc3ccc(OC)c(OC(=O)c4ccc(-c5ccc(OCCCCCC)cc5)cc4)c3)cc2)cc1Cl. The van der Waals surface area contributed by atoms with Gasteiger partial charge in [-0.15, -0.1) is 0 Å². The quantitative estimate of drug-likeness (QED) is 0.0298. The van der Waals surface area contributed by atoms with Crippen LogP contribution >= 0.6 is 11.6 Å². The minimum Gasteiger partial charge on any atom is -0.494 e. The number of carbonyl (C=O) groups excluding carboxylic acids is 2. The predicted octanol–water partition coefficient (Wildman–Crippen LogP) is 12.9. The van der Waals surface area contributed by atoms with Crippen LogP contribution in [0, 0.1) is 0 Å². The molecule has 0 aliphatic carbocycles. The molecular formula is C48H52ClNO7. The number of halogens is 1. The van der Waals surface area contributed by atoms with Gasteiger partial charge >= 0.3 is 11.9 Å². The van der Waals surface area contributed by atoms with Gasteiger partial charge in [-0.3, -0.25) is 4.99 Å². The molecule has 5 aromatic carbocycles. The molecule has 298 valence electrons. The van der Waals surface area contributed by atoms with Crippen LogP contribution < -0.4 is 23.7 Å². The fourth-order valence-electron chi connectivity index (χ4n) is 5.99. The Labute approximate surface area is 341 Å². The van der Waals surface area contributed by atoms with Crippen molar-refractivity contribution in [2.24, 2.45) is 4.99 Å². The second-order valence-corrected chi connectivity index (χ2v) is 14.1. The molecule has 0 saturated heterocycles. The lowest BCUT2D eigenvalue weighted by molar-refractivity contribution is 0.0722. The van der Waals surface area contributed by atoms with E-state index in [9.17, 15) is 9.59 Å². The Morgan fingerprint density at radius 1 is 0.561 bits per heavy atom. The number of aliphatic imine (C=N–C) groups is 1. The number of nitrogens with zero attached hydrogens (tertiary/aromatic N) is 1. The molecule has 0 radical (unpaired) electrons. The molecule has 5 aromatic rings. The van der Waals surface area contributed by atoms with Crippen LogP contribution in [0.4, 0.5) is 5.69 Å². The summed E-state index contributed by atoms with van der Waals surface area (Å²) in [5.41, 5.74) is 4.03. The molecule has 8 nitrogen and oxygen atoms in total. The minimum absolute atomic E-state index is 0.242. The molecule has 0 aliphatic rings. The van der Waals surface area contributed by atoms with Gasteiger partial charge in [-0.05, 0) is 108 Å². The highest BCUT2D eigenvalue weighted by molar-refractivity contribution is 6.32. The van der Waals surface area contributed by atoms with Crippen LogP contribution in [-0.2, 0) is 0 Å². The highest BCUT2D eigenvalue weighted by Gasteiger charge is 2.15. The van der Waals surface area contributed by atoms with Gasteiger partial charge in [-0.2, -0.15) is 0 Å². The molecule has 0 bridgehead atoms. The zero-order valence-electron chi connectivity index (χ0n) is 33.1. The Hall–Kier alpha value is -5.60. The van der Waals surface area contributed by atoms with Crippen LogP contribution in [0.5, 0.6) is 28.7 Å². The molecule has 0 N–H and O–H groups in total. The summed E-state index contributed by atoms with van der Waals surface area (Å²) in [6.45, 7) is 5.70. The van der Waals surface area contributed by atoms with Gasteiger partial charge in [0, 0.05) is 12.3 Å². The molecule has 0 saturated carbocycles. The Kier molecular flexibility index (Phi) is 17.0. The molecule has 0 heterocycles. The smallest absolute Gasteiger partial charge is 0.343 e. The zero-order valence-corrected chi connectivity index (χ0v) is 33.9. The van der Waals surface area contributed by atoms with Crippen molar-refractivity contribution in [1.29, 1.82) is 0 Å². The third-order valence-electron chi connectivity index (χ3n) is 9.30. The van der Waals surface area contributed by atoms with E-state index in [-0.39, 0.29) is 5.75 Å². The van der Waals surface area contributed by atoms with Crippen LogP contribution in [0.1, 0.15) is 104 Å². The third-order valence-corrected chi connectivity index (χ3v) is 9.60. The van der Waals surface area contributed by atoms with E-state index < -0.39 is 11.9 Å². The highest BCUT2D eigenvalue weighted by atomic mass is 35.5. The number of carbonyl (C=O) groups is 2. The number of hydrogen-bond acceptors (Lipinski definition) is 8. The van der Waals surface area contributed by atoms with Gasteiger partial charge < -0.3 is 23.7 Å². The summed E-state index contributed by atoms with van der Waals surface area (Å²) in [6.07, 6.45) is 13.3. The summed E-state index contributed by atoms with van der Waals surface area (Å²) in [6, 6.07) is 32.2. The van der Waals surface area contributed by atoms with Crippen molar-refractivity contribution in [3.8, 4) is 39.9 Å². The van der Waals surface area contributed by atoms with Gasteiger partial charge in [-0.25, -0.2) is 9.59 Å². The number of methoxy groups -OCH3 is 1. The lowest BCUT2D eigenvalue weighted by Crippen LogP contribution is -2.09. The van der Waals surface area contributed by atoms with Crippen LogP contribution in [0.3, 0.4) is 0 Å². The summed E-state index contributed by atoms with van der Waals surface area (Å²) in [4.78, 5) is 30.6. The van der Waals surface area contributed by atoms with Crippen molar-refractivity contribution in [1.82, 2.24) is 0 Å². The van der Waals surface area contributed by atoms with Gasteiger partial charge in [-0.1, -0.05) is 101 Å². The fraction of sp³-hybridized carbons (Fsp3) is 0.312. The molecule has 9 heteroatoms. The first-order valence-electron chi connectivity index (χ1n) is 19.9. The van der Waals surface area contributed by atoms with Crippen molar-refractivity contribution in [3.63, 3.8) is 0 Å². The van der Waals surface area contributed by atoms with E-state index >= 15 is 0 Å². The molecule has 0 spiro atoms. The third kappa shape index (κ3) is 13.5. The Bertz CT molecular complexity index is 2040. The standard InChI is InChI=1S/C48H52ClNO7/c1-4-6-8-10-11-13-31-55-44-28-22-39(32-43(44)49)48(52)56-42-24-14-35(15-25-42)34-50-40-23-29-45(53-3)46(33-40)57-47(51)38-18-16-36(17-19-38)37-20-26-41(27-21-37)54-30-12-9-7-5-2/h14-29,32-34H,4-13,30-31H2,1-3H3. The summed E-state index contributed by atoms with van der Waals surface area (Å²) >= 11 is 6.41. The molecule has 0 fully saturated rings. The molecule has 0 aromatic heterocycles. The lowest BCUT2D eigenvalue weighted by atomic mass is 10.0. The maximum atomic E-state index is 13.2. The highest BCUT2D eigenvalue weighted by Crippen LogP contribution is 2.33. The average molecular weight is 790 g/mol. The Morgan fingerprint density at radius 3 is 1.79 bits per heavy atom. The molecular weight excluding hydrogens is 738 g/mol. The summed E-state index contributed by atoms with van der Waals surface area (Å²) in [5.74, 6) is 1.37. The molecule has 0 atom stereocenters. The lowest BCUT2D eigenvalue weighted by Gasteiger charge is -2.11. The van der Waals surface area contributed by atoms with Gasteiger partial charge in [0.05, 0.1) is 42.2 Å². The number of ether oxygens (including phenoxy) is 5. The molecule has 0 unspecified atom stereocenters. The molecule has 0 amide bonds. The van der Waals surface area contributed by atoms with Gasteiger partial charge in [0.15, 0.2) is 11.5 Å². The van der Waals surface area contributed by atoms with Crippen molar-refractivity contribution < 1.29 is 33.3 Å². The van der Waals surface area contributed by atoms with Crippen LogP contribution in [0.15, 0.2) is 114 Å². The summed E-state index contributed by atoms with van der Waals surface area (Å²) < 4.78 is 28.5. The maximum Gasteiger partial charge on any atom is 0.343 e. The van der Waals surface area contributed by atoms with Crippen LogP contribution in [0.2, 0.25) is 5.02 Å². The van der Waals surface area contributed by atoms with Gasteiger partial charge in [0.25, 0.3) is 0 Å². The van der Waals surface area contributed by atoms with E-state index in [0.29, 0.717) is 52.3 Å². The molecule has 57 heavy (non-hydrogen) atoms. The van der Waals surface area contributed by atoms with E-state index in [0.717, 1.165) is 41.7 Å². The zero-order chi connectivity index (χ0) is 40.2. The summed E-state index contributed by atoms with van der Waals surface area (Å²) in [7, 11) is 1.51. The van der Waals surface area contributed by atoms with Crippen molar-refractivity contribution in [2.75, 3.05) is 20.3 Å². The second kappa shape index (κ2) is 22.8. The first-order valence-corrected chi connectivity index (χ1v) is 20.3. The average Bonchev–Trinajstić information content (AvgIpc) is 3.24. The Morgan fingerprint density at radius 2 is 1.12 bits per heavy atom. The monoisotopic (exact) mass is 789 g/mol. The van der Waals surface area contributed by atoms with Crippen LogP contribution in [0.25, 0.3) is 11.1 Å². The number of hydrogen-bond donors (Lipinski definition) is 0. The van der Waals surface area contributed by atoms with Gasteiger partial charge in [0.1, 0.15) is 17.2 Å². The fourth-order valence-corrected chi connectivity index (χ4v) is 6.23. The predicted molar refractivity (Wildman–Crippen MR) is 228 cm³/mol. The number of rotatable bonds is 22. The van der Waals surface area contributed by atoms with E-state index in [1.807, 2.05) is 36.4 Å². The minimum atomic E-state index is -0.527. The van der Waals surface area contributed by atoms with E-state index in [1.165, 1.54) is 52.1 Å². The normalized spacial score (nSPS) is 11.0. The van der Waals surface area contributed by atoms with E-state index in [4.69, 9.17) is 35.3 Å². The first kappa shape index (κ1) is 42.5.